The van der Waals surface area contributed by atoms with Crippen LogP contribution < -0.4 is 11.1 Å². The fourth-order valence-electron chi connectivity index (χ4n) is 5.60. The number of nitrogens with zero attached hydrogens (tertiary/aromatic N) is 5. The van der Waals surface area contributed by atoms with Gasteiger partial charge in [-0.3, -0.25) is 4.68 Å². The fourth-order valence-corrected chi connectivity index (χ4v) is 5.60. The van der Waals surface area contributed by atoms with Gasteiger partial charge in [0.25, 0.3) is 0 Å². The standard InChI is InChI=1S/C23H33N7O/c1-3-25-22(31)29-10-6-23(15-29)7-11-30-20(23)13-19(27-30)17-12-18(21(24)26-14-17)16-4-8-28(2)9-5-16/h12-14,16H,3-11,15H2,1-2H3,(H2,24,26)(H,25,31). The molecule has 3 aliphatic heterocycles. The van der Waals surface area contributed by atoms with Gasteiger partial charge in [0.2, 0.25) is 0 Å². The van der Waals surface area contributed by atoms with E-state index < -0.39 is 0 Å². The number of aromatic nitrogens is 3. The predicted octanol–water partition coefficient (Wildman–Crippen LogP) is 2.41. The van der Waals surface area contributed by atoms with Crippen LogP contribution in [0.25, 0.3) is 11.3 Å². The Balaban J connectivity index is 1.40. The zero-order valence-corrected chi connectivity index (χ0v) is 18.6. The Morgan fingerprint density at radius 3 is 2.77 bits per heavy atom. The Bertz CT molecular complexity index is 978. The topological polar surface area (TPSA) is 92.3 Å². The molecule has 0 aliphatic carbocycles. The van der Waals surface area contributed by atoms with Crippen LogP contribution in [-0.4, -0.2) is 70.4 Å². The van der Waals surface area contributed by atoms with Gasteiger partial charge in [0.05, 0.1) is 5.69 Å². The lowest BCUT2D eigenvalue weighted by Crippen LogP contribution is -2.40. The Kier molecular flexibility index (Phi) is 5.12. The molecule has 0 radical (unpaired) electrons. The number of fused-ring (bicyclic) bond motifs is 2. The molecule has 2 aromatic heterocycles. The van der Waals surface area contributed by atoms with Crippen LogP contribution in [0.15, 0.2) is 18.3 Å². The van der Waals surface area contributed by atoms with E-state index in [1.54, 1.807) is 0 Å². The van der Waals surface area contributed by atoms with Crippen LogP contribution >= 0.6 is 0 Å². The number of pyridine rings is 1. The van der Waals surface area contributed by atoms with E-state index in [2.05, 4.69) is 39.1 Å². The molecule has 1 atom stereocenters. The van der Waals surface area contributed by atoms with Crippen LogP contribution in [0.5, 0.6) is 0 Å². The van der Waals surface area contributed by atoms with Gasteiger partial charge < -0.3 is 20.9 Å². The van der Waals surface area contributed by atoms with E-state index in [1.807, 2.05) is 18.0 Å². The highest BCUT2D eigenvalue weighted by molar-refractivity contribution is 5.75. The number of hydrogen-bond donors (Lipinski definition) is 2. The number of nitrogens with two attached hydrogens (primary N) is 1. The molecule has 2 fully saturated rings. The summed E-state index contributed by atoms with van der Waals surface area (Å²) in [6, 6.07) is 4.47. The molecule has 2 aromatic rings. The minimum absolute atomic E-state index is 0.0222. The van der Waals surface area contributed by atoms with Gasteiger partial charge in [-0.2, -0.15) is 5.10 Å². The minimum Gasteiger partial charge on any atom is -0.383 e. The van der Waals surface area contributed by atoms with Crippen molar-refractivity contribution in [3.63, 3.8) is 0 Å². The molecule has 2 amide bonds. The van der Waals surface area contributed by atoms with Gasteiger partial charge in [-0.25, -0.2) is 9.78 Å². The number of aryl methyl sites for hydroxylation is 1. The summed E-state index contributed by atoms with van der Waals surface area (Å²) in [5.74, 6) is 1.11. The van der Waals surface area contributed by atoms with Crippen LogP contribution in [-0.2, 0) is 12.0 Å². The lowest BCUT2D eigenvalue weighted by Gasteiger charge is -2.29. The summed E-state index contributed by atoms with van der Waals surface area (Å²) < 4.78 is 2.14. The number of amides is 2. The quantitative estimate of drug-likeness (QED) is 0.791. The average Bonchev–Trinajstić information content (AvgIpc) is 3.46. The fraction of sp³-hybridized carbons (Fsp3) is 0.609. The number of anilines is 1. The van der Waals surface area contributed by atoms with Gasteiger partial charge in [0.1, 0.15) is 5.82 Å². The highest BCUT2D eigenvalue weighted by Crippen LogP contribution is 2.44. The SMILES string of the molecule is CCNC(=O)N1CCC2(CCn3nc(-c4cnc(N)c(C5CCN(C)CC5)c4)cc32)C1. The molecule has 2 saturated heterocycles. The smallest absolute Gasteiger partial charge is 0.317 e. The summed E-state index contributed by atoms with van der Waals surface area (Å²) in [6.45, 7) is 7.29. The van der Waals surface area contributed by atoms with E-state index in [0.717, 1.165) is 75.2 Å². The van der Waals surface area contributed by atoms with Gasteiger partial charge in [0.15, 0.2) is 0 Å². The summed E-state index contributed by atoms with van der Waals surface area (Å²) >= 11 is 0. The van der Waals surface area contributed by atoms with Crippen LogP contribution in [0.3, 0.4) is 0 Å². The third-order valence-corrected chi connectivity index (χ3v) is 7.50. The largest absolute Gasteiger partial charge is 0.383 e. The van der Waals surface area contributed by atoms with Gasteiger partial charge in [0, 0.05) is 49.0 Å². The first-order valence-corrected chi connectivity index (χ1v) is 11.5. The number of carbonyl (C=O) groups excluding carboxylic acids is 1. The number of hydrogen-bond acceptors (Lipinski definition) is 5. The normalized spacial score (nSPS) is 24.1. The third kappa shape index (κ3) is 3.56. The maximum absolute atomic E-state index is 12.3. The van der Waals surface area contributed by atoms with Crippen LogP contribution in [0.2, 0.25) is 0 Å². The van der Waals surface area contributed by atoms with Crippen molar-refractivity contribution in [2.45, 2.75) is 50.5 Å². The monoisotopic (exact) mass is 423 g/mol. The number of carbonyl (C=O) groups is 1. The maximum Gasteiger partial charge on any atom is 0.317 e. The molecule has 5 heterocycles. The Hall–Kier alpha value is -2.61. The number of likely N-dealkylation sites (tertiary alicyclic amines) is 2. The molecule has 3 aliphatic rings. The van der Waals surface area contributed by atoms with E-state index >= 15 is 0 Å². The van der Waals surface area contributed by atoms with Crippen molar-refractivity contribution < 1.29 is 4.79 Å². The summed E-state index contributed by atoms with van der Waals surface area (Å²) in [5, 5.41) is 7.86. The Morgan fingerprint density at radius 1 is 1.23 bits per heavy atom. The number of nitrogen functional groups attached to an aromatic ring is 1. The van der Waals surface area contributed by atoms with Gasteiger partial charge in [-0.1, -0.05) is 0 Å². The first-order chi connectivity index (χ1) is 15.0. The zero-order valence-electron chi connectivity index (χ0n) is 18.6. The molecule has 31 heavy (non-hydrogen) atoms. The molecule has 8 heteroatoms. The number of piperidine rings is 1. The first kappa shape index (κ1) is 20.3. The molecule has 8 nitrogen and oxygen atoms in total. The second-order valence-corrected chi connectivity index (χ2v) is 9.45. The van der Waals surface area contributed by atoms with Crippen molar-refractivity contribution in [1.29, 1.82) is 0 Å². The van der Waals surface area contributed by atoms with E-state index in [9.17, 15) is 4.79 Å². The number of nitrogens with one attached hydrogen (secondary N) is 1. The van der Waals surface area contributed by atoms with Crippen LogP contribution in [0.1, 0.15) is 49.8 Å². The second-order valence-electron chi connectivity index (χ2n) is 9.45. The van der Waals surface area contributed by atoms with E-state index in [-0.39, 0.29) is 11.4 Å². The summed E-state index contributed by atoms with van der Waals surface area (Å²) in [4.78, 5) is 21.2. The molecule has 3 N–H and O–H groups in total. The van der Waals surface area contributed by atoms with E-state index in [4.69, 9.17) is 10.8 Å². The first-order valence-electron chi connectivity index (χ1n) is 11.5. The van der Waals surface area contributed by atoms with Crippen molar-refractivity contribution in [1.82, 2.24) is 29.9 Å². The molecule has 166 valence electrons. The van der Waals surface area contributed by atoms with Gasteiger partial charge >= 0.3 is 6.03 Å². The predicted molar refractivity (Wildman–Crippen MR) is 121 cm³/mol. The lowest BCUT2D eigenvalue weighted by atomic mass is 9.82. The van der Waals surface area contributed by atoms with Crippen LogP contribution in [0.4, 0.5) is 10.6 Å². The molecular weight excluding hydrogens is 390 g/mol. The minimum atomic E-state index is 0.0222. The Labute approximate surface area is 183 Å². The van der Waals surface area contributed by atoms with Crippen molar-refractivity contribution in [3.05, 3.63) is 29.6 Å². The maximum atomic E-state index is 12.3. The molecule has 0 bridgehead atoms. The second kappa shape index (κ2) is 7.82. The molecule has 0 saturated carbocycles. The average molecular weight is 424 g/mol. The molecule has 5 rings (SSSR count). The molecule has 1 spiro atoms. The molecule has 1 unspecified atom stereocenters. The number of rotatable bonds is 3. The van der Waals surface area contributed by atoms with Crippen molar-refractivity contribution in [2.75, 3.05) is 45.5 Å². The van der Waals surface area contributed by atoms with Crippen molar-refractivity contribution >= 4 is 11.8 Å². The highest BCUT2D eigenvalue weighted by atomic mass is 16.2. The van der Waals surface area contributed by atoms with E-state index in [1.165, 1.54) is 5.69 Å². The number of urea groups is 1. The zero-order chi connectivity index (χ0) is 21.6. The summed E-state index contributed by atoms with van der Waals surface area (Å²) in [7, 11) is 2.17. The molecule has 0 aromatic carbocycles. The highest BCUT2D eigenvalue weighted by Gasteiger charge is 2.46. The van der Waals surface area contributed by atoms with Gasteiger partial charge in [-0.15, -0.1) is 0 Å². The summed E-state index contributed by atoms with van der Waals surface area (Å²) in [5.41, 5.74) is 10.7. The van der Waals surface area contributed by atoms with E-state index in [0.29, 0.717) is 18.3 Å². The van der Waals surface area contributed by atoms with Crippen molar-refractivity contribution in [2.24, 2.45) is 0 Å². The van der Waals surface area contributed by atoms with Crippen LogP contribution in [0, 0.1) is 0 Å². The third-order valence-electron chi connectivity index (χ3n) is 7.50. The Morgan fingerprint density at radius 2 is 2.00 bits per heavy atom. The molecular formula is C23H33N7O. The lowest BCUT2D eigenvalue weighted by molar-refractivity contribution is 0.206. The summed E-state index contributed by atoms with van der Waals surface area (Å²) in [6.07, 6.45) is 6.13. The van der Waals surface area contributed by atoms with Crippen molar-refractivity contribution in [3.8, 4) is 11.3 Å². The van der Waals surface area contributed by atoms with Gasteiger partial charge in [-0.05, 0) is 76.4 Å².